The van der Waals surface area contributed by atoms with Gasteiger partial charge in [0.15, 0.2) is 0 Å². The molecule has 8 heteroatoms. The van der Waals surface area contributed by atoms with Crippen LogP contribution in [0.1, 0.15) is 37.5 Å². The van der Waals surface area contributed by atoms with Crippen molar-refractivity contribution in [1.29, 1.82) is 0 Å². The minimum Gasteiger partial charge on any atom is -0.346 e. The van der Waals surface area contributed by atoms with Gasteiger partial charge in [0.2, 0.25) is 17.6 Å². The van der Waals surface area contributed by atoms with Crippen molar-refractivity contribution in [2.75, 3.05) is 0 Å². The summed E-state index contributed by atoms with van der Waals surface area (Å²) < 4.78 is 5.26. The van der Waals surface area contributed by atoms with E-state index in [0.29, 0.717) is 31.0 Å². The third kappa shape index (κ3) is 4.78. The normalized spacial score (nSPS) is 12.0. The minimum atomic E-state index is -0.200. The number of hydrogen-bond donors (Lipinski definition) is 2. The first-order chi connectivity index (χ1) is 14.2. The highest BCUT2D eigenvalue weighted by atomic mass is 32.1. The van der Waals surface area contributed by atoms with Crippen LogP contribution in [0.2, 0.25) is 0 Å². The molecule has 3 heterocycles. The summed E-state index contributed by atoms with van der Waals surface area (Å²) in [6.07, 6.45) is 3.37. The van der Waals surface area contributed by atoms with Crippen LogP contribution in [-0.4, -0.2) is 26.0 Å². The fourth-order valence-electron chi connectivity index (χ4n) is 2.97. The molecule has 0 aliphatic carbocycles. The number of carbonyl (C=O) groups excluding carboxylic acids is 1. The molecule has 7 nitrogen and oxygen atoms in total. The number of H-pyrrole nitrogens is 1. The van der Waals surface area contributed by atoms with E-state index in [0.717, 1.165) is 22.0 Å². The van der Waals surface area contributed by atoms with Gasteiger partial charge in [0.05, 0.1) is 22.8 Å². The van der Waals surface area contributed by atoms with E-state index in [2.05, 4.69) is 25.4 Å². The topological polar surface area (TPSA) is 96.7 Å². The van der Waals surface area contributed by atoms with E-state index < -0.39 is 0 Å². The Kier molecular flexibility index (Phi) is 5.81. The maximum atomic E-state index is 12.3. The molecule has 1 amide bonds. The Morgan fingerprint density at radius 3 is 2.90 bits per heavy atom. The average molecular weight is 407 g/mol. The summed E-state index contributed by atoms with van der Waals surface area (Å²) in [5.41, 5.74) is 1.99. The van der Waals surface area contributed by atoms with Gasteiger partial charge in [-0.25, -0.2) is 4.98 Å². The van der Waals surface area contributed by atoms with E-state index in [-0.39, 0.29) is 11.9 Å². The van der Waals surface area contributed by atoms with E-state index in [1.807, 2.05) is 54.8 Å². The lowest BCUT2D eigenvalue weighted by Gasteiger charge is -2.11. The van der Waals surface area contributed by atoms with Gasteiger partial charge in [0.1, 0.15) is 5.82 Å². The van der Waals surface area contributed by atoms with Crippen molar-refractivity contribution in [3.63, 3.8) is 0 Å². The number of benzene rings is 1. The molecule has 1 atom stereocenters. The molecule has 148 valence electrons. The number of nitrogens with zero attached hydrogens (tertiary/aromatic N) is 3. The number of aromatic nitrogens is 4. The highest BCUT2D eigenvalue weighted by Crippen LogP contribution is 2.22. The number of hydrogen-bond acceptors (Lipinski definition) is 6. The molecule has 3 aromatic heterocycles. The molecule has 1 aromatic carbocycles. The second-order valence-electron chi connectivity index (χ2n) is 6.68. The summed E-state index contributed by atoms with van der Waals surface area (Å²) in [7, 11) is 0. The number of aryl methyl sites for hydroxylation is 1. The van der Waals surface area contributed by atoms with Gasteiger partial charge >= 0.3 is 0 Å². The number of carbonyl (C=O) groups is 1. The number of amides is 1. The summed E-state index contributed by atoms with van der Waals surface area (Å²) in [4.78, 5) is 25.3. The SMILES string of the molecule is CC(NC(=O)CCCc1nc(-c2cccs2)no1)c1ncc(-c2ccccc2)[nH]1. The molecule has 4 aromatic rings. The molecule has 0 aliphatic heterocycles. The lowest BCUT2D eigenvalue weighted by molar-refractivity contribution is -0.121. The van der Waals surface area contributed by atoms with Crippen molar-refractivity contribution in [1.82, 2.24) is 25.4 Å². The third-order valence-electron chi connectivity index (χ3n) is 4.47. The van der Waals surface area contributed by atoms with Crippen LogP contribution in [0.4, 0.5) is 0 Å². The second kappa shape index (κ2) is 8.83. The Hall–Kier alpha value is -3.26. The minimum absolute atomic E-state index is 0.0341. The Bertz CT molecular complexity index is 1060. The molecular formula is C21H21N5O2S. The van der Waals surface area contributed by atoms with Crippen LogP contribution in [-0.2, 0) is 11.2 Å². The van der Waals surface area contributed by atoms with Crippen molar-refractivity contribution in [3.05, 3.63) is 65.8 Å². The first-order valence-corrected chi connectivity index (χ1v) is 10.3. The van der Waals surface area contributed by atoms with Crippen molar-refractivity contribution in [2.45, 2.75) is 32.2 Å². The van der Waals surface area contributed by atoms with Gasteiger partial charge in [-0.05, 0) is 30.4 Å². The zero-order chi connectivity index (χ0) is 20.1. The molecule has 2 N–H and O–H groups in total. The van der Waals surface area contributed by atoms with Gasteiger partial charge in [0, 0.05) is 12.8 Å². The Labute approximate surface area is 172 Å². The first-order valence-electron chi connectivity index (χ1n) is 9.45. The smallest absolute Gasteiger partial charge is 0.226 e. The second-order valence-corrected chi connectivity index (χ2v) is 7.63. The van der Waals surface area contributed by atoms with Crippen LogP contribution in [0, 0.1) is 0 Å². The predicted octanol–water partition coefficient (Wildman–Crippen LogP) is 4.39. The molecule has 0 radical (unpaired) electrons. The van der Waals surface area contributed by atoms with Gasteiger partial charge in [-0.1, -0.05) is 41.6 Å². The molecule has 1 unspecified atom stereocenters. The summed E-state index contributed by atoms with van der Waals surface area (Å²) >= 11 is 1.57. The summed E-state index contributed by atoms with van der Waals surface area (Å²) in [6, 6.07) is 13.7. The maximum absolute atomic E-state index is 12.3. The van der Waals surface area contributed by atoms with E-state index in [1.165, 1.54) is 0 Å². The molecule has 0 bridgehead atoms. The van der Waals surface area contributed by atoms with Gasteiger partial charge in [-0.15, -0.1) is 11.3 Å². The van der Waals surface area contributed by atoms with E-state index in [4.69, 9.17) is 4.52 Å². The van der Waals surface area contributed by atoms with Gasteiger partial charge < -0.3 is 14.8 Å². The van der Waals surface area contributed by atoms with Crippen molar-refractivity contribution in [2.24, 2.45) is 0 Å². The van der Waals surface area contributed by atoms with Crippen LogP contribution in [0.5, 0.6) is 0 Å². The van der Waals surface area contributed by atoms with Crippen molar-refractivity contribution >= 4 is 17.2 Å². The lowest BCUT2D eigenvalue weighted by Crippen LogP contribution is -2.27. The molecule has 0 aliphatic rings. The van der Waals surface area contributed by atoms with Gasteiger partial charge in [0.25, 0.3) is 0 Å². The largest absolute Gasteiger partial charge is 0.346 e. The molecule has 0 saturated carbocycles. The molecule has 29 heavy (non-hydrogen) atoms. The van der Waals surface area contributed by atoms with Crippen molar-refractivity contribution < 1.29 is 9.32 Å². The van der Waals surface area contributed by atoms with Crippen LogP contribution >= 0.6 is 11.3 Å². The van der Waals surface area contributed by atoms with Gasteiger partial charge in [-0.2, -0.15) is 4.98 Å². The first kappa shape index (κ1) is 19.1. The summed E-state index contributed by atoms with van der Waals surface area (Å²) in [5, 5.41) is 8.93. The molecule has 0 saturated heterocycles. The van der Waals surface area contributed by atoms with E-state index in [9.17, 15) is 4.79 Å². The Morgan fingerprint density at radius 1 is 1.24 bits per heavy atom. The molecule has 0 spiro atoms. The Morgan fingerprint density at radius 2 is 2.10 bits per heavy atom. The van der Waals surface area contributed by atoms with Gasteiger partial charge in [-0.3, -0.25) is 4.79 Å². The number of aromatic amines is 1. The van der Waals surface area contributed by atoms with Crippen LogP contribution in [0.25, 0.3) is 22.0 Å². The zero-order valence-electron chi connectivity index (χ0n) is 16.0. The fraction of sp³-hybridized carbons (Fsp3) is 0.238. The zero-order valence-corrected chi connectivity index (χ0v) is 16.8. The molecule has 0 fully saturated rings. The summed E-state index contributed by atoms with van der Waals surface area (Å²) in [6.45, 7) is 1.91. The fourth-order valence-corrected chi connectivity index (χ4v) is 3.61. The highest BCUT2D eigenvalue weighted by molar-refractivity contribution is 7.13. The maximum Gasteiger partial charge on any atom is 0.226 e. The Balaban J connectivity index is 1.25. The number of rotatable bonds is 8. The summed E-state index contributed by atoms with van der Waals surface area (Å²) in [5.74, 6) is 1.84. The lowest BCUT2D eigenvalue weighted by atomic mass is 10.2. The number of thiophene rings is 1. The van der Waals surface area contributed by atoms with Crippen molar-refractivity contribution in [3.8, 4) is 22.0 Å². The van der Waals surface area contributed by atoms with E-state index in [1.54, 1.807) is 17.5 Å². The number of nitrogens with one attached hydrogen (secondary N) is 2. The molecule has 4 rings (SSSR count). The average Bonchev–Trinajstić information content (AvgIpc) is 3.49. The van der Waals surface area contributed by atoms with E-state index >= 15 is 0 Å². The van der Waals surface area contributed by atoms with Crippen LogP contribution < -0.4 is 5.32 Å². The monoisotopic (exact) mass is 407 g/mol. The van der Waals surface area contributed by atoms with Crippen LogP contribution in [0.3, 0.4) is 0 Å². The number of imidazole rings is 1. The quantitative estimate of drug-likeness (QED) is 0.452. The molecular weight excluding hydrogens is 386 g/mol. The van der Waals surface area contributed by atoms with Crippen LogP contribution in [0.15, 0.2) is 58.6 Å². The third-order valence-corrected chi connectivity index (χ3v) is 5.34. The standard InChI is InChI=1S/C21H21N5O2S/c1-14(20-22-13-16(24-20)15-7-3-2-4-8-15)23-18(27)10-5-11-19-25-21(26-28-19)17-9-6-12-29-17/h2-4,6-9,12-14H,5,10-11H2,1H3,(H,22,24)(H,23,27). The predicted molar refractivity (Wildman–Crippen MR) is 111 cm³/mol. The highest BCUT2D eigenvalue weighted by Gasteiger charge is 2.14.